The molecule has 0 heterocycles. The Kier molecular flexibility index (Phi) is 3.34. The molecule has 2 nitrogen and oxygen atoms in total. The Morgan fingerprint density at radius 3 is 2.91 bits per heavy atom. The molecule has 0 aliphatic heterocycles. The lowest BCUT2D eigenvalue weighted by Crippen LogP contribution is -2.42. The number of allylic oxidation sites excluding steroid dienone is 1. The fourth-order valence-electron chi connectivity index (χ4n) is 5.55. The molecule has 1 fully saturated rings. The Hall–Kier alpha value is -1.28. The molecule has 22 heavy (non-hydrogen) atoms. The molecule has 1 aromatic rings. The van der Waals surface area contributed by atoms with Crippen molar-refractivity contribution >= 4 is 0 Å². The van der Waals surface area contributed by atoms with Crippen LogP contribution in [-0.4, -0.2) is 18.3 Å². The van der Waals surface area contributed by atoms with Gasteiger partial charge in [0.25, 0.3) is 0 Å². The van der Waals surface area contributed by atoms with Crippen molar-refractivity contribution in [3.63, 3.8) is 0 Å². The quantitative estimate of drug-likeness (QED) is 0.834. The average molecular weight is 298 g/mol. The summed E-state index contributed by atoms with van der Waals surface area (Å²) in [5.74, 6) is 2.85. The molecular weight excluding hydrogens is 272 g/mol. The van der Waals surface area contributed by atoms with Gasteiger partial charge in [0.15, 0.2) is 0 Å². The second-order valence-corrected chi connectivity index (χ2v) is 7.32. The van der Waals surface area contributed by atoms with Gasteiger partial charge in [-0.1, -0.05) is 25.1 Å². The van der Waals surface area contributed by atoms with E-state index in [0.29, 0.717) is 17.8 Å². The predicted molar refractivity (Wildman–Crippen MR) is 88.1 cm³/mol. The number of aryl methyl sites for hydroxylation is 1. The van der Waals surface area contributed by atoms with Crippen LogP contribution in [0.3, 0.4) is 0 Å². The largest absolute Gasteiger partial charge is 0.497 e. The number of aliphatic hydroxyl groups excluding tert-OH is 1. The number of hydrogen-bond donors (Lipinski definition) is 1. The first-order valence-corrected chi connectivity index (χ1v) is 8.74. The van der Waals surface area contributed by atoms with Gasteiger partial charge in [-0.05, 0) is 67.2 Å². The van der Waals surface area contributed by atoms with Gasteiger partial charge in [-0.3, -0.25) is 0 Å². The summed E-state index contributed by atoms with van der Waals surface area (Å²) < 4.78 is 5.38. The molecule has 1 saturated carbocycles. The number of benzene rings is 1. The van der Waals surface area contributed by atoms with Crippen molar-refractivity contribution in [3.05, 3.63) is 41.5 Å². The number of rotatable bonds is 2. The van der Waals surface area contributed by atoms with Crippen molar-refractivity contribution < 1.29 is 9.84 Å². The lowest BCUT2D eigenvalue weighted by Gasteiger charge is -2.47. The number of hydrogen-bond acceptors (Lipinski definition) is 2. The van der Waals surface area contributed by atoms with Gasteiger partial charge in [-0.25, -0.2) is 0 Å². The molecule has 0 spiro atoms. The summed E-state index contributed by atoms with van der Waals surface area (Å²) in [7, 11) is 1.74. The minimum Gasteiger partial charge on any atom is -0.497 e. The van der Waals surface area contributed by atoms with Crippen LogP contribution in [0.4, 0.5) is 0 Å². The molecule has 2 heteroatoms. The van der Waals surface area contributed by atoms with Crippen molar-refractivity contribution in [2.24, 2.45) is 17.3 Å². The van der Waals surface area contributed by atoms with Crippen molar-refractivity contribution in [1.29, 1.82) is 0 Å². The molecule has 0 radical (unpaired) electrons. The fraction of sp³-hybridized carbons (Fsp3) is 0.600. The minimum absolute atomic E-state index is 0.0468. The molecule has 0 amide bonds. The molecule has 3 aliphatic rings. The van der Waals surface area contributed by atoms with E-state index in [4.69, 9.17) is 4.74 Å². The topological polar surface area (TPSA) is 29.5 Å². The van der Waals surface area contributed by atoms with E-state index in [9.17, 15) is 5.11 Å². The van der Waals surface area contributed by atoms with E-state index in [1.54, 1.807) is 7.11 Å². The van der Waals surface area contributed by atoms with Gasteiger partial charge < -0.3 is 9.84 Å². The van der Waals surface area contributed by atoms with Crippen molar-refractivity contribution in [2.75, 3.05) is 7.11 Å². The summed E-state index contributed by atoms with van der Waals surface area (Å²) in [4.78, 5) is 0. The summed E-state index contributed by atoms with van der Waals surface area (Å²) in [5, 5.41) is 10.6. The SMILES string of the molecule is CCC12C=CC3c4ccc(OC)cc4CCC3C1CCC2O. The highest BCUT2D eigenvalue weighted by molar-refractivity contribution is 5.43. The summed E-state index contributed by atoms with van der Waals surface area (Å²) >= 11 is 0. The third-order valence-electron chi connectivity index (χ3n) is 6.72. The van der Waals surface area contributed by atoms with Crippen LogP contribution in [0.2, 0.25) is 0 Å². The maximum Gasteiger partial charge on any atom is 0.119 e. The minimum atomic E-state index is -0.142. The van der Waals surface area contributed by atoms with Gasteiger partial charge >= 0.3 is 0 Å². The Labute approximate surface area is 133 Å². The van der Waals surface area contributed by atoms with Crippen LogP contribution < -0.4 is 4.74 Å². The number of fused-ring (bicyclic) bond motifs is 5. The summed E-state index contributed by atoms with van der Waals surface area (Å²) in [6.07, 6.45) is 10.3. The van der Waals surface area contributed by atoms with E-state index in [0.717, 1.165) is 25.0 Å². The Morgan fingerprint density at radius 1 is 1.27 bits per heavy atom. The van der Waals surface area contributed by atoms with E-state index in [1.807, 2.05) is 0 Å². The highest BCUT2D eigenvalue weighted by atomic mass is 16.5. The van der Waals surface area contributed by atoms with Gasteiger partial charge in [0.2, 0.25) is 0 Å². The maximum absolute atomic E-state index is 10.6. The van der Waals surface area contributed by atoms with E-state index in [-0.39, 0.29) is 11.5 Å². The number of aliphatic hydroxyl groups is 1. The Balaban J connectivity index is 1.75. The number of methoxy groups -OCH3 is 1. The fourth-order valence-corrected chi connectivity index (χ4v) is 5.55. The molecular formula is C20H26O2. The predicted octanol–water partition coefficient (Wildman–Crippen LogP) is 4.08. The standard InChI is InChI=1S/C20H26O2/c1-3-20-11-10-16-15-7-5-14(22-2)12-13(15)4-6-17(16)18(20)8-9-19(20)21/h5,7,10-12,16-19,21H,3-4,6,8-9H2,1-2H3. The zero-order chi connectivity index (χ0) is 15.3. The molecule has 1 N–H and O–H groups in total. The zero-order valence-corrected chi connectivity index (χ0v) is 13.6. The van der Waals surface area contributed by atoms with E-state index < -0.39 is 0 Å². The van der Waals surface area contributed by atoms with Gasteiger partial charge in [0, 0.05) is 11.3 Å². The third-order valence-corrected chi connectivity index (χ3v) is 6.72. The third kappa shape index (κ3) is 1.83. The van der Waals surface area contributed by atoms with Crippen LogP contribution in [0.1, 0.15) is 49.7 Å². The number of ether oxygens (including phenoxy) is 1. The lowest BCUT2D eigenvalue weighted by molar-refractivity contribution is 0.0284. The molecule has 4 rings (SSSR count). The summed E-state index contributed by atoms with van der Waals surface area (Å²) in [6.45, 7) is 2.24. The monoisotopic (exact) mass is 298 g/mol. The van der Waals surface area contributed by atoms with Crippen molar-refractivity contribution in [2.45, 2.75) is 51.0 Å². The van der Waals surface area contributed by atoms with E-state index >= 15 is 0 Å². The maximum atomic E-state index is 10.6. The van der Waals surface area contributed by atoms with Gasteiger partial charge in [-0.2, -0.15) is 0 Å². The molecule has 0 bridgehead atoms. The molecule has 0 saturated heterocycles. The second-order valence-electron chi connectivity index (χ2n) is 7.32. The first kappa shape index (κ1) is 14.3. The van der Waals surface area contributed by atoms with E-state index in [1.165, 1.54) is 24.0 Å². The molecule has 3 aliphatic carbocycles. The van der Waals surface area contributed by atoms with Crippen LogP contribution in [0.25, 0.3) is 0 Å². The van der Waals surface area contributed by atoms with Crippen LogP contribution in [0.5, 0.6) is 5.75 Å². The average Bonchev–Trinajstić information content (AvgIpc) is 2.91. The normalized spacial score (nSPS) is 39.0. The Morgan fingerprint density at radius 2 is 2.14 bits per heavy atom. The smallest absolute Gasteiger partial charge is 0.119 e. The zero-order valence-electron chi connectivity index (χ0n) is 13.6. The van der Waals surface area contributed by atoms with Crippen molar-refractivity contribution in [1.82, 2.24) is 0 Å². The molecule has 5 unspecified atom stereocenters. The second kappa shape index (κ2) is 5.13. The van der Waals surface area contributed by atoms with Gasteiger partial charge in [-0.15, -0.1) is 0 Å². The molecule has 118 valence electrons. The van der Waals surface area contributed by atoms with Crippen LogP contribution in [0.15, 0.2) is 30.4 Å². The van der Waals surface area contributed by atoms with Crippen LogP contribution in [0, 0.1) is 17.3 Å². The Bertz CT molecular complexity index is 606. The molecule has 1 aromatic carbocycles. The lowest BCUT2D eigenvalue weighted by atomic mass is 9.57. The van der Waals surface area contributed by atoms with Gasteiger partial charge in [0.05, 0.1) is 13.2 Å². The highest BCUT2D eigenvalue weighted by Gasteiger charge is 2.53. The highest BCUT2D eigenvalue weighted by Crippen LogP contribution is 2.59. The summed E-state index contributed by atoms with van der Waals surface area (Å²) in [6, 6.07) is 6.57. The summed E-state index contributed by atoms with van der Waals surface area (Å²) in [5.41, 5.74) is 2.98. The van der Waals surface area contributed by atoms with E-state index in [2.05, 4.69) is 37.3 Å². The van der Waals surface area contributed by atoms with Crippen LogP contribution >= 0.6 is 0 Å². The first-order valence-electron chi connectivity index (χ1n) is 8.74. The van der Waals surface area contributed by atoms with Gasteiger partial charge in [0.1, 0.15) is 5.75 Å². The first-order chi connectivity index (χ1) is 10.7. The molecule has 5 atom stereocenters. The molecule has 0 aromatic heterocycles. The van der Waals surface area contributed by atoms with Crippen LogP contribution in [-0.2, 0) is 6.42 Å². The van der Waals surface area contributed by atoms with Crippen molar-refractivity contribution in [3.8, 4) is 5.75 Å².